The number of hydrogen-bond donors (Lipinski definition) is 1. The van der Waals surface area contributed by atoms with Crippen LogP contribution in [0.3, 0.4) is 0 Å². The van der Waals surface area contributed by atoms with Gasteiger partial charge in [0.15, 0.2) is 5.82 Å². The fourth-order valence-electron chi connectivity index (χ4n) is 2.66. The molecular weight excluding hydrogens is 324 g/mol. The van der Waals surface area contributed by atoms with E-state index >= 15 is 0 Å². The highest BCUT2D eigenvalue weighted by Gasteiger charge is 2.24. The lowest BCUT2D eigenvalue weighted by atomic mass is 10.2. The van der Waals surface area contributed by atoms with Crippen LogP contribution in [-0.2, 0) is 4.79 Å². The summed E-state index contributed by atoms with van der Waals surface area (Å²) in [6.45, 7) is 7.17. The van der Waals surface area contributed by atoms with Gasteiger partial charge in [0, 0.05) is 44.9 Å². The third-order valence-corrected chi connectivity index (χ3v) is 3.95. The molecule has 0 spiro atoms. The summed E-state index contributed by atoms with van der Waals surface area (Å²) in [7, 11) is 0. The molecule has 1 aliphatic heterocycles. The van der Waals surface area contributed by atoms with Crippen LogP contribution in [0.4, 0.5) is 11.8 Å². The number of nitrogens with one attached hydrogen (secondary N) is 1. The summed E-state index contributed by atoms with van der Waals surface area (Å²) in [6, 6.07) is 3.37. The van der Waals surface area contributed by atoms with Gasteiger partial charge in [0.1, 0.15) is 11.5 Å². The second-order valence-corrected chi connectivity index (χ2v) is 5.96. The Hall–Kier alpha value is -2.97. The molecule has 132 valence electrons. The maximum atomic E-state index is 12.7. The highest BCUT2D eigenvalue weighted by molar-refractivity contribution is 5.93. The Bertz CT molecular complexity index is 795. The topological polar surface area (TPSA) is 104 Å². The molecular formula is C16H20N6O3. The summed E-state index contributed by atoms with van der Waals surface area (Å²) in [5.74, 6) is 1.29. The third-order valence-electron chi connectivity index (χ3n) is 3.95. The number of nitrogens with zero attached hydrogens (tertiary/aromatic N) is 5. The van der Waals surface area contributed by atoms with Crippen molar-refractivity contribution in [2.75, 3.05) is 31.5 Å². The first-order chi connectivity index (χ1) is 11.9. The van der Waals surface area contributed by atoms with Crippen LogP contribution in [-0.4, -0.2) is 62.9 Å². The largest absolute Gasteiger partial charge is 0.360 e. The summed E-state index contributed by atoms with van der Waals surface area (Å²) in [5.41, 5.74) is 0.981. The zero-order chi connectivity index (χ0) is 18.0. The first-order valence-corrected chi connectivity index (χ1v) is 8.03. The van der Waals surface area contributed by atoms with Crippen LogP contribution < -0.4 is 5.32 Å². The lowest BCUT2D eigenvalue weighted by molar-refractivity contribution is -0.130. The molecule has 3 heterocycles. The van der Waals surface area contributed by atoms with Crippen LogP contribution in [0.1, 0.15) is 28.9 Å². The lowest BCUT2D eigenvalue weighted by Crippen LogP contribution is -2.50. The highest BCUT2D eigenvalue weighted by atomic mass is 16.5. The molecule has 9 nitrogen and oxygen atoms in total. The predicted molar refractivity (Wildman–Crippen MR) is 89.4 cm³/mol. The average Bonchev–Trinajstić information content (AvgIpc) is 2.98. The molecule has 1 fully saturated rings. The van der Waals surface area contributed by atoms with Gasteiger partial charge in [-0.3, -0.25) is 9.59 Å². The van der Waals surface area contributed by atoms with Crippen LogP contribution in [0, 0.1) is 13.8 Å². The summed E-state index contributed by atoms with van der Waals surface area (Å²) < 4.78 is 4.99. The molecule has 1 saturated heterocycles. The quantitative estimate of drug-likeness (QED) is 0.890. The van der Waals surface area contributed by atoms with Crippen LogP contribution in [0.2, 0.25) is 0 Å². The van der Waals surface area contributed by atoms with Gasteiger partial charge in [-0.2, -0.15) is 0 Å². The normalized spacial score (nSPS) is 14.5. The van der Waals surface area contributed by atoms with Gasteiger partial charge in [0.2, 0.25) is 11.9 Å². The number of carbonyl (C=O) groups is 2. The minimum atomic E-state index is -0.173. The monoisotopic (exact) mass is 344 g/mol. The molecule has 3 rings (SSSR count). The van der Waals surface area contributed by atoms with Gasteiger partial charge in [-0.15, -0.1) is 0 Å². The standard InChI is InChI=1S/C16H20N6O3/c1-10-8-13(15(24)22-6-4-21(5-7-22)12(3)23)18-16(17-10)19-14-9-11(2)25-20-14/h8-9H,4-7H2,1-3H3,(H,17,18,19,20). The summed E-state index contributed by atoms with van der Waals surface area (Å²) in [6.07, 6.45) is 0. The van der Waals surface area contributed by atoms with Gasteiger partial charge in [-0.05, 0) is 19.9 Å². The number of aryl methyl sites for hydroxylation is 2. The molecule has 0 unspecified atom stereocenters. The average molecular weight is 344 g/mol. The number of piperazine rings is 1. The van der Waals surface area contributed by atoms with Gasteiger partial charge in [0.25, 0.3) is 5.91 Å². The number of hydrogen-bond acceptors (Lipinski definition) is 7. The zero-order valence-corrected chi connectivity index (χ0v) is 14.4. The first-order valence-electron chi connectivity index (χ1n) is 8.03. The van der Waals surface area contributed by atoms with E-state index in [1.54, 1.807) is 35.8 Å². The number of amides is 2. The Balaban J connectivity index is 1.73. The van der Waals surface area contributed by atoms with E-state index in [2.05, 4.69) is 20.4 Å². The molecule has 0 aliphatic carbocycles. The number of carbonyl (C=O) groups excluding carboxylic acids is 2. The van der Waals surface area contributed by atoms with Crippen LogP contribution in [0.5, 0.6) is 0 Å². The maximum absolute atomic E-state index is 12.7. The Morgan fingerprint density at radius 3 is 2.36 bits per heavy atom. The third kappa shape index (κ3) is 3.93. The van der Waals surface area contributed by atoms with E-state index in [9.17, 15) is 9.59 Å². The highest BCUT2D eigenvalue weighted by Crippen LogP contribution is 2.15. The van der Waals surface area contributed by atoms with Crippen molar-refractivity contribution < 1.29 is 14.1 Å². The van der Waals surface area contributed by atoms with E-state index in [0.29, 0.717) is 55.1 Å². The SMILES string of the molecule is CC(=O)N1CCN(C(=O)c2cc(C)nc(Nc3cc(C)on3)n2)CC1. The van der Waals surface area contributed by atoms with Gasteiger partial charge < -0.3 is 19.6 Å². The Morgan fingerprint density at radius 2 is 1.76 bits per heavy atom. The number of anilines is 2. The van der Waals surface area contributed by atoms with E-state index in [1.807, 2.05) is 0 Å². The fourth-order valence-corrected chi connectivity index (χ4v) is 2.66. The van der Waals surface area contributed by atoms with Crippen LogP contribution >= 0.6 is 0 Å². The minimum absolute atomic E-state index is 0.0272. The van der Waals surface area contributed by atoms with Gasteiger partial charge in [-0.25, -0.2) is 9.97 Å². The molecule has 9 heteroatoms. The molecule has 2 amide bonds. The number of rotatable bonds is 3. The van der Waals surface area contributed by atoms with Crippen LogP contribution in [0.15, 0.2) is 16.7 Å². The molecule has 0 aromatic carbocycles. The molecule has 2 aromatic rings. The van der Waals surface area contributed by atoms with E-state index in [-0.39, 0.29) is 11.8 Å². The van der Waals surface area contributed by atoms with Gasteiger partial charge in [-0.1, -0.05) is 5.16 Å². The van der Waals surface area contributed by atoms with Gasteiger partial charge in [0.05, 0.1) is 0 Å². The van der Waals surface area contributed by atoms with Crippen molar-refractivity contribution in [2.24, 2.45) is 0 Å². The van der Waals surface area contributed by atoms with E-state index in [4.69, 9.17) is 4.52 Å². The van der Waals surface area contributed by atoms with E-state index in [1.165, 1.54) is 6.92 Å². The molecule has 1 N–H and O–H groups in total. The molecule has 25 heavy (non-hydrogen) atoms. The molecule has 1 aliphatic rings. The molecule has 0 bridgehead atoms. The van der Waals surface area contributed by atoms with E-state index < -0.39 is 0 Å². The molecule has 2 aromatic heterocycles. The molecule has 0 atom stereocenters. The van der Waals surface area contributed by atoms with Crippen molar-refractivity contribution in [1.82, 2.24) is 24.9 Å². The summed E-state index contributed by atoms with van der Waals surface area (Å²) in [5, 5.41) is 6.77. The van der Waals surface area contributed by atoms with Crippen LogP contribution in [0.25, 0.3) is 0 Å². The summed E-state index contributed by atoms with van der Waals surface area (Å²) >= 11 is 0. The predicted octanol–water partition coefficient (Wildman–Crippen LogP) is 1.13. The molecule has 0 saturated carbocycles. The fraction of sp³-hybridized carbons (Fsp3) is 0.438. The zero-order valence-electron chi connectivity index (χ0n) is 14.4. The Kier molecular flexibility index (Phi) is 4.64. The summed E-state index contributed by atoms with van der Waals surface area (Å²) in [4.78, 5) is 36.1. The van der Waals surface area contributed by atoms with Crippen molar-refractivity contribution in [3.8, 4) is 0 Å². The van der Waals surface area contributed by atoms with Crippen molar-refractivity contribution in [3.63, 3.8) is 0 Å². The minimum Gasteiger partial charge on any atom is -0.360 e. The molecule has 0 radical (unpaired) electrons. The van der Waals surface area contributed by atoms with E-state index in [0.717, 1.165) is 0 Å². The smallest absolute Gasteiger partial charge is 0.272 e. The Morgan fingerprint density at radius 1 is 1.08 bits per heavy atom. The van der Waals surface area contributed by atoms with Crippen molar-refractivity contribution >= 4 is 23.6 Å². The van der Waals surface area contributed by atoms with Crippen molar-refractivity contribution in [2.45, 2.75) is 20.8 Å². The number of aromatic nitrogens is 3. The van der Waals surface area contributed by atoms with Gasteiger partial charge >= 0.3 is 0 Å². The first kappa shape index (κ1) is 16.9. The van der Waals surface area contributed by atoms with Crippen molar-refractivity contribution in [1.29, 1.82) is 0 Å². The second kappa shape index (κ2) is 6.88. The maximum Gasteiger partial charge on any atom is 0.272 e. The Labute approximate surface area is 145 Å². The van der Waals surface area contributed by atoms with Crippen molar-refractivity contribution in [3.05, 3.63) is 29.3 Å². The second-order valence-electron chi connectivity index (χ2n) is 5.96. The lowest BCUT2D eigenvalue weighted by Gasteiger charge is -2.34.